The number of methoxy groups -OCH3 is 1. The van der Waals surface area contributed by atoms with Gasteiger partial charge in [0.25, 0.3) is 0 Å². The molecule has 27 heavy (non-hydrogen) atoms. The first-order valence-corrected chi connectivity index (χ1v) is 8.62. The van der Waals surface area contributed by atoms with E-state index in [1.165, 1.54) is 18.1 Å². The van der Waals surface area contributed by atoms with E-state index >= 15 is 0 Å². The molecule has 1 saturated heterocycles. The van der Waals surface area contributed by atoms with Gasteiger partial charge in [0.1, 0.15) is 6.42 Å². The Morgan fingerprint density at radius 2 is 1.74 bits per heavy atom. The Morgan fingerprint density at radius 3 is 2.37 bits per heavy atom. The molecule has 1 aliphatic heterocycles. The van der Waals surface area contributed by atoms with Crippen LogP contribution in [0, 0.1) is 0 Å². The summed E-state index contributed by atoms with van der Waals surface area (Å²) in [6, 6.07) is 6.27. The Bertz CT molecular complexity index is 713. The lowest BCUT2D eigenvalue weighted by atomic mass is 10.2. The second-order valence-corrected chi connectivity index (χ2v) is 5.86. The smallest absolute Gasteiger partial charge is 0.409 e. The molecule has 1 aromatic rings. The van der Waals surface area contributed by atoms with Crippen molar-refractivity contribution in [3.05, 3.63) is 29.8 Å². The molecule has 0 spiro atoms. The van der Waals surface area contributed by atoms with Crippen LogP contribution in [0.2, 0.25) is 0 Å². The molecule has 0 radical (unpaired) electrons. The molecule has 3 amide bonds. The zero-order valence-electron chi connectivity index (χ0n) is 15.4. The summed E-state index contributed by atoms with van der Waals surface area (Å²) in [6.07, 6.45) is -0.713. The summed E-state index contributed by atoms with van der Waals surface area (Å²) >= 11 is 0. The SMILES string of the molecule is CCOC(=O)N1CCN(C(=O)CC(=O)Nc2cccc(C(=O)OC)c2)CC1. The van der Waals surface area contributed by atoms with Gasteiger partial charge in [0.2, 0.25) is 11.8 Å². The second kappa shape index (κ2) is 9.56. The zero-order chi connectivity index (χ0) is 19.8. The number of hydrogen-bond acceptors (Lipinski definition) is 6. The number of benzene rings is 1. The Morgan fingerprint density at radius 1 is 1.07 bits per heavy atom. The van der Waals surface area contributed by atoms with Crippen LogP contribution in [0.15, 0.2) is 24.3 Å². The van der Waals surface area contributed by atoms with Gasteiger partial charge in [-0.05, 0) is 25.1 Å². The molecule has 1 aliphatic rings. The molecule has 0 saturated carbocycles. The van der Waals surface area contributed by atoms with Gasteiger partial charge in [-0.3, -0.25) is 9.59 Å². The molecular formula is C18H23N3O6. The van der Waals surface area contributed by atoms with Gasteiger partial charge in [-0.25, -0.2) is 9.59 Å². The van der Waals surface area contributed by atoms with Crippen LogP contribution in [0.1, 0.15) is 23.7 Å². The van der Waals surface area contributed by atoms with Crippen molar-refractivity contribution in [2.75, 3.05) is 45.2 Å². The van der Waals surface area contributed by atoms with Crippen LogP contribution in [0.5, 0.6) is 0 Å². The fourth-order valence-electron chi connectivity index (χ4n) is 2.65. The van der Waals surface area contributed by atoms with Crippen molar-refractivity contribution in [1.82, 2.24) is 9.80 Å². The highest BCUT2D eigenvalue weighted by Gasteiger charge is 2.25. The van der Waals surface area contributed by atoms with Crippen molar-refractivity contribution >= 4 is 29.6 Å². The van der Waals surface area contributed by atoms with E-state index in [-0.39, 0.29) is 12.3 Å². The van der Waals surface area contributed by atoms with Crippen molar-refractivity contribution in [2.24, 2.45) is 0 Å². The number of ether oxygens (including phenoxy) is 2. The van der Waals surface area contributed by atoms with Crippen LogP contribution in [-0.2, 0) is 19.1 Å². The first-order valence-electron chi connectivity index (χ1n) is 8.62. The van der Waals surface area contributed by atoms with Crippen molar-refractivity contribution < 1.29 is 28.7 Å². The molecular weight excluding hydrogens is 354 g/mol. The molecule has 9 nitrogen and oxygen atoms in total. The molecule has 0 bridgehead atoms. The third-order valence-corrected chi connectivity index (χ3v) is 4.04. The molecule has 9 heteroatoms. The second-order valence-electron chi connectivity index (χ2n) is 5.86. The van der Waals surface area contributed by atoms with Gasteiger partial charge in [0, 0.05) is 31.9 Å². The van der Waals surface area contributed by atoms with Gasteiger partial charge in [-0.15, -0.1) is 0 Å². The van der Waals surface area contributed by atoms with E-state index in [2.05, 4.69) is 10.1 Å². The van der Waals surface area contributed by atoms with E-state index in [0.29, 0.717) is 44.0 Å². The highest BCUT2D eigenvalue weighted by atomic mass is 16.6. The maximum Gasteiger partial charge on any atom is 0.409 e. The molecule has 0 atom stereocenters. The fraction of sp³-hybridized carbons (Fsp3) is 0.444. The molecule has 1 aromatic carbocycles. The summed E-state index contributed by atoms with van der Waals surface area (Å²) in [5.74, 6) is -1.31. The number of carbonyl (C=O) groups is 4. The normalized spacial score (nSPS) is 13.7. The molecule has 0 aromatic heterocycles. The Kier molecular flexibility index (Phi) is 7.16. The van der Waals surface area contributed by atoms with Crippen LogP contribution >= 0.6 is 0 Å². The van der Waals surface area contributed by atoms with Crippen molar-refractivity contribution in [1.29, 1.82) is 0 Å². The summed E-state index contributed by atoms with van der Waals surface area (Å²) in [5, 5.41) is 2.60. The summed E-state index contributed by atoms with van der Waals surface area (Å²) in [5.41, 5.74) is 0.708. The molecule has 0 unspecified atom stereocenters. The summed E-state index contributed by atoms with van der Waals surface area (Å²) in [6.45, 7) is 3.47. The molecule has 146 valence electrons. The van der Waals surface area contributed by atoms with E-state index in [4.69, 9.17) is 4.74 Å². The Labute approximate surface area is 157 Å². The Hall–Kier alpha value is -3.10. The Balaban J connectivity index is 1.83. The van der Waals surface area contributed by atoms with Crippen LogP contribution in [0.4, 0.5) is 10.5 Å². The van der Waals surface area contributed by atoms with Gasteiger partial charge in [-0.1, -0.05) is 6.07 Å². The van der Waals surface area contributed by atoms with Crippen LogP contribution in [0.3, 0.4) is 0 Å². The third kappa shape index (κ3) is 5.70. The lowest BCUT2D eigenvalue weighted by Crippen LogP contribution is -2.51. The van der Waals surface area contributed by atoms with Crippen molar-refractivity contribution in [3.8, 4) is 0 Å². The largest absolute Gasteiger partial charge is 0.465 e. The van der Waals surface area contributed by atoms with Crippen LogP contribution in [0.25, 0.3) is 0 Å². The monoisotopic (exact) mass is 377 g/mol. The van der Waals surface area contributed by atoms with E-state index in [1.807, 2.05) is 0 Å². The third-order valence-electron chi connectivity index (χ3n) is 4.04. The maximum absolute atomic E-state index is 12.3. The average Bonchev–Trinajstić information content (AvgIpc) is 2.67. The average molecular weight is 377 g/mol. The van der Waals surface area contributed by atoms with E-state index in [9.17, 15) is 19.2 Å². The number of piperazine rings is 1. The predicted octanol–water partition coefficient (Wildman–Crippen LogP) is 1.10. The fourth-order valence-corrected chi connectivity index (χ4v) is 2.65. The van der Waals surface area contributed by atoms with Crippen molar-refractivity contribution in [3.63, 3.8) is 0 Å². The minimum absolute atomic E-state index is 0.301. The number of rotatable bonds is 5. The molecule has 1 heterocycles. The van der Waals surface area contributed by atoms with E-state index in [1.54, 1.807) is 30.0 Å². The highest BCUT2D eigenvalue weighted by Crippen LogP contribution is 2.12. The van der Waals surface area contributed by atoms with Gasteiger partial charge < -0.3 is 24.6 Å². The molecule has 1 N–H and O–H groups in total. The van der Waals surface area contributed by atoms with Gasteiger partial charge in [-0.2, -0.15) is 0 Å². The van der Waals surface area contributed by atoms with E-state index < -0.39 is 18.0 Å². The zero-order valence-corrected chi connectivity index (χ0v) is 15.4. The maximum atomic E-state index is 12.3. The summed E-state index contributed by atoms with van der Waals surface area (Å²) < 4.78 is 9.56. The number of amides is 3. The summed E-state index contributed by atoms with van der Waals surface area (Å²) in [7, 11) is 1.27. The minimum Gasteiger partial charge on any atom is -0.465 e. The van der Waals surface area contributed by atoms with Gasteiger partial charge >= 0.3 is 12.1 Å². The first-order chi connectivity index (χ1) is 12.9. The van der Waals surface area contributed by atoms with Crippen molar-refractivity contribution in [2.45, 2.75) is 13.3 Å². The quantitative estimate of drug-likeness (QED) is 0.609. The van der Waals surface area contributed by atoms with Crippen LogP contribution < -0.4 is 5.32 Å². The number of hydrogen-bond donors (Lipinski definition) is 1. The first kappa shape index (κ1) is 20.2. The highest BCUT2D eigenvalue weighted by molar-refractivity contribution is 6.04. The number of nitrogens with zero attached hydrogens (tertiary/aromatic N) is 2. The molecule has 0 aliphatic carbocycles. The van der Waals surface area contributed by atoms with E-state index in [0.717, 1.165) is 0 Å². The lowest BCUT2D eigenvalue weighted by molar-refractivity contribution is -0.135. The number of carbonyl (C=O) groups excluding carboxylic acids is 4. The minimum atomic E-state index is -0.512. The predicted molar refractivity (Wildman–Crippen MR) is 96.2 cm³/mol. The summed E-state index contributed by atoms with van der Waals surface area (Å²) in [4.78, 5) is 50.6. The topological polar surface area (TPSA) is 105 Å². The lowest BCUT2D eigenvalue weighted by Gasteiger charge is -2.34. The number of anilines is 1. The van der Waals surface area contributed by atoms with Crippen LogP contribution in [-0.4, -0.2) is 73.6 Å². The van der Waals surface area contributed by atoms with Gasteiger partial charge in [0.05, 0.1) is 19.3 Å². The number of nitrogens with one attached hydrogen (secondary N) is 1. The van der Waals surface area contributed by atoms with Gasteiger partial charge in [0.15, 0.2) is 0 Å². The number of esters is 1. The standard InChI is InChI=1S/C18H23N3O6/c1-3-27-18(25)21-9-7-20(8-10-21)16(23)12-15(22)19-14-6-4-5-13(11-14)17(24)26-2/h4-6,11H,3,7-10,12H2,1-2H3,(H,19,22). The molecule has 1 fully saturated rings. The molecule has 2 rings (SSSR count).